The normalized spacial score (nSPS) is 19.2. The molecule has 6 rings (SSSR count). The van der Waals surface area contributed by atoms with E-state index in [-0.39, 0.29) is 5.60 Å². The van der Waals surface area contributed by atoms with Crippen LogP contribution in [-0.2, 0) is 12.1 Å². The summed E-state index contributed by atoms with van der Waals surface area (Å²) in [5.41, 5.74) is 4.22. The lowest BCUT2D eigenvalue weighted by Gasteiger charge is -2.44. The van der Waals surface area contributed by atoms with Crippen LogP contribution in [0.3, 0.4) is 0 Å². The van der Waals surface area contributed by atoms with Gasteiger partial charge in [0.25, 0.3) is 0 Å². The van der Waals surface area contributed by atoms with Crippen LogP contribution in [-0.4, -0.2) is 32.8 Å². The van der Waals surface area contributed by atoms with E-state index in [1.54, 1.807) is 0 Å². The predicted molar refractivity (Wildman–Crippen MR) is 130 cm³/mol. The highest BCUT2D eigenvalue weighted by molar-refractivity contribution is 5.73. The van der Waals surface area contributed by atoms with Crippen LogP contribution in [0.15, 0.2) is 36.4 Å². The van der Waals surface area contributed by atoms with E-state index in [4.69, 9.17) is 9.72 Å². The fraction of sp³-hybridized carbons (Fsp3) is 0.519. The number of hydrogen-bond donors (Lipinski definition) is 0. The van der Waals surface area contributed by atoms with E-state index in [1.165, 1.54) is 36.3 Å². The monoisotopic (exact) mass is 443 g/mol. The Hall–Kier alpha value is -2.89. The molecule has 6 nitrogen and oxygen atoms in total. The zero-order chi connectivity index (χ0) is 22.6. The number of para-hydroxylation sites is 1. The van der Waals surface area contributed by atoms with Crippen LogP contribution in [0, 0.1) is 12.8 Å². The van der Waals surface area contributed by atoms with Gasteiger partial charge in [-0.1, -0.05) is 32.4 Å². The Balaban J connectivity index is 1.41. The average molecular weight is 444 g/mol. The van der Waals surface area contributed by atoms with Crippen LogP contribution < -0.4 is 9.64 Å². The standard InChI is InChI=1S/C27H33N5O/c1-18(2)26-28-25-24(32(26)17-20-7-6-8-20)21-9-4-5-10-22(21)33-27(25)13-15-31(16-14-27)23-12-11-19(3)29-30-23/h4-5,9-12,18,20H,6-8,13-17H2,1-3H3. The van der Waals surface area contributed by atoms with Gasteiger partial charge >= 0.3 is 0 Å². The fourth-order valence-corrected chi connectivity index (χ4v) is 5.63. The van der Waals surface area contributed by atoms with Gasteiger partial charge in [0.15, 0.2) is 11.4 Å². The van der Waals surface area contributed by atoms with Crippen molar-refractivity contribution in [3.8, 4) is 17.0 Å². The van der Waals surface area contributed by atoms with Crippen molar-refractivity contribution in [1.82, 2.24) is 19.7 Å². The molecule has 6 heteroatoms. The predicted octanol–water partition coefficient (Wildman–Crippen LogP) is 5.46. The fourth-order valence-electron chi connectivity index (χ4n) is 5.63. The van der Waals surface area contributed by atoms with Gasteiger partial charge in [0.2, 0.25) is 0 Å². The van der Waals surface area contributed by atoms with Gasteiger partial charge in [-0.15, -0.1) is 5.10 Å². The summed E-state index contributed by atoms with van der Waals surface area (Å²) < 4.78 is 9.39. The SMILES string of the molecule is Cc1ccc(N2CCC3(CC2)Oc2ccccc2-c2c3nc(C(C)C)n2CC2CCC2)nn1. The summed E-state index contributed by atoms with van der Waals surface area (Å²) in [5, 5.41) is 8.68. The third-order valence-corrected chi connectivity index (χ3v) is 7.74. The lowest BCUT2D eigenvalue weighted by Crippen LogP contribution is -2.48. The molecule has 1 aliphatic carbocycles. The minimum absolute atomic E-state index is 0.378. The Morgan fingerprint density at radius 3 is 2.52 bits per heavy atom. The molecule has 0 unspecified atom stereocenters. The summed E-state index contributed by atoms with van der Waals surface area (Å²) in [6.45, 7) is 9.35. The zero-order valence-electron chi connectivity index (χ0n) is 19.9. The van der Waals surface area contributed by atoms with Gasteiger partial charge in [0, 0.05) is 44.0 Å². The second kappa shape index (κ2) is 7.86. The number of nitrogens with zero attached hydrogens (tertiary/aromatic N) is 5. The number of piperidine rings is 1. The topological polar surface area (TPSA) is 56.1 Å². The number of rotatable bonds is 4. The van der Waals surface area contributed by atoms with Crippen LogP contribution >= 0.6 is 0 Å². The van der Waals surface area contributed by atoms with Gasteiger partial charge in [0.1, 0.15) is 17.3 Å². The van der Waals surface area contributed by atoms with Gasteiger partial charge in [-0.2, -0.15) is 5.10 Å². The van der Waals surface area contributed by atoms with E-state index in [1.807, 2.05) is 13.0 Å². The van der Waals surface area contributed by atoms with E-state index in [2.05, 4.69) is 63.8 Å². The van der Waals surface area contributed by atoms with E-state index in [0.29, 0.717) is 5.92 Å². The number of fused-ring (bicyclic) bond motifs is 4. The molecule has 2 aliphatic heterocycles. The molecule has 2 fully saturated rings. The molecular weight excluding hydrogens is 410 g/mol. The number of anilines is 1. The maximum atomic E-state index is 6.85. The third kappa shape index (κ3) is 3.42. The van der Waals surface area contributed by atoms with Crippen molar-refractivity contribution in [3.63, 3.8) is 0 Å². The number of aromatic nitrogens is 4. The van der Waals surface area contributed by atoms with Crippen LogP contribution in [0.2, 0.25) is 0 Å². The molecule has 1 saturated carbocycles. The molecule has 0 N–H and O–H groups in total. The van der Waals surface area contributed by atoms with Crippen molar-refractivity contribution in [1.29, 1.82) is 0 Å². The maximum absolute atomic E-state index is 6.85. The van der Waals surface area contributed by atoms with E-state index in [9.17, 15) is 0 Å². The van der Waals surface area contributed by atoms with Crippen molar-refractivity contribution in [2.45, 2.75) is 70.9 Å². The van der Waals surface area contributed by atoms with Crippen molar-refractivity contribution in [2.24, 2.45) is 5.92 Å². The van der Waals surface area contributed by atoms with E-state index < -0.39 is 0 Å². The first-order valence-corrected chi connectivity index (χ1v) is 12.5. The quantitative estimate of drug-likeness (QED) is 0.536. The van der Waals surface area contributed by atoms with Gasteiger partial charge < -0.3 is 14.2 Å². The lowest BCUT2D eigenvalue weighted by molar-refractivity contribution is 0.0326. The van der Waals surface area contributed by atoms with Gasteiger partial charge in [-0.25, -0.2) is 4.98 Å². The molecule has 1 saturated heterocycles. The Morgan fingerprint density at radius 1 is 1.06 bits per heavy atom. The molecule has 1 aromatic carbocycles. The van der Waals surface area contributed by atoms with Crippen LogP contribution in [0.25, 0.3) is 11.3 Å². The Kier molecular flexibility index (Phi) is 4.93. The second-order valence-electron chi connectivity index (χ2n) is 10.3. The van der Waals surface area contributed by atoms with Crippen molar-refractivity contribution in [3.05, 3.63) is 53.6 Å². The zero-order valence-corrected chi connectivity index (χ0v) is 19.9. The number of aryl methyl sites for hydroxylation is 1. The number of benzene rings is 1. The summed E-state index contributed by atoms with van der Waals surface area (Å²) in [5.74, 6) is 4.30. The van der Waals surface area contributed by atoms with Crippen LogP contribution in [0.5, 0.6) is 5.75 Å². The Labute approximate surface area is 196 Å². The smallest absolute Gasteiger partial charge is 0.156 e. The molecular formula is C27H33N5O. The average Bonchev–Trinajstić information content (AvgIpc) is 3.19. The largest absolute Gasteiger partial charge is 0.480 e. The molecule has 1 spiro atoms. The summed E-state index contributed by atoms with van der Waals surface area (Å²) >= 11 is 0. The van der Waals surface area contributed by atoms with Gasteiger partial charge in [0.05, 0.1) is 11.4 Å². The van der Waals surface area contributed by atoms with Crippen molar-refractivity contribution in [2.75, 3.05) is 18.0 Å². The highest BCUT2D eigenvalue weighted by Gasteiger charge is 2.47. The van der Waals surface area contributed by atoms with Crippen molar-refractivity contribution < 1.29 is 4.74 Å². The first-order chi connectivity index (χ1) is 16.0. The number of ether oxygens (including phenoxy) is 1. The molecule has 0 atom stereocenters. The highest BCUT2D eigenvalue weighted by Crippen LogP contribution is 2.50. The lowest BCUT2D eigenvalue weighted by atomic mass is 9.82. The molecule has 172 valence electrons. The highest BCUT2D eigenvalue weighted by atomic mass is 16.5. The van der Waals surface area contributed by atoms with E-state index >= 15 is 0 Å². The van der Waals surface area contributed by atoms with Crippen LogP contribution in [0.1, 0.15) is 69.1 Å². The third-order valence-electron chi connectivity index (χ3n) is 7.74. The molecule has 0 amide bonds. The molecule has 0 bridgehead atoms. The number of imidazole rings is 1. The van der Waals surface area contributed by atoms with Gasteiger partial charge in [-0.05, 0) is 49.9 Å². The summed E-state index contributed by atoms with van der Waals surface area (Å²) in [7, 11) is 0. The second-order valence-corrected chi connectivity index (χ2v) is 10.3. The molecule has 3 aromatic rings. The molecule has 4 heterocycles. The molecule has 0 radical (unpaired) electrons. The minimum atomic E-state index is -0.382. The van der Waals surface area contributed by atoms with Crippen LogP contribution in [0.4, 0.5) is 5.82 Å². The van der Waals surface area contributed by atoms with Crippen molar-refractivity contribution >= 4 is 5.82 Å². The first-order valence-electron chi connectivity index (χ1n) is 12.5. The summed E-state index contributed by atoms with van der Waals surface area (Å²) in [4.78, 5) is 7.67. The number of hydrogen-bond acceptors (Lipinski definition) is 5. The first kappa shape index (κ1) is 20.7. The summed E-state index contributed by atoms with van der Waals surface area (Å²) in [6, 6.07) is 12.7. The van der Waals surface area contributed by atoms with Gasteiger partial charge in [-0.3, -0.25) is 0 Å². The molecule has 33 heavy (non-hydrogen) atoms. The maximum Gasteiger partial charge on any atom is 0.156 e. The minimum Gasteiger partial charge on any atom is -0.480 e. The molecule has 2 aromatic heterocycles. The Morgan fingerprint density at radius 2 is 1.85 bits per heavy atom. The Bertz CT molecular complexity index is 1150. The summed E-state index contributed by atoms with van der Waals surface area (Å²) in [6.07, 6.45) is 5.81. The van der Waals surface area contributed by atoms with E-state index in [0.717, 1.165) is 61.3 Å². The molecule has 3 aliphatic rings.